The smallest absolute Gasteiger partial charge is 0.475 e. The fraction of sp³-hybridized carbons (Fsp3) is 0.636. The Balaban J connectivity index is 0.000000487. The van der Waals surface area contributed by atoms with Gasteiger partial charge in [0.25, 0.3) is 31.9 Å². The van der Waals surface area contributed by atoms with Crippen LogP contribution in [0, 0.1) is 40.5 Å². The molecule has 48 heavy (non-hydrogen) atoms. The Kier molecular flexibility index (Phi) is 15.5. The first kappa shape index (κ1) is 39.8. The number of carboxylic acid groups (broad SMARTS) is 1. The molecule has 1 N–H and O–H groups in total. The molecule has 2 aromatic heterocycles. The largest absolute Gasteiger partial charge is 0.519 e. The molecule has 0 spiro atoms. The molecule has 0 aliphatic heterocycles. The van der Waals surface area contributed by atoms with Crippen LogP contribution in [0.25, 0.3) is 0 Å². The molecule has 26 heteroatoms. The fourth-order valence-electron chi connectivity index (χ4n) is 3.43. The second-order valence-corrected chi connectivity index (χ2v) is 9.95. The minimum absolute atomic E-state index is 0.0175. The van der Waals surface area contributed by atoms with E-state index in [1.54, 1.807) is 20.8 Å². The van der Waals surface area contributed by atoms with Crippen molar-refractivity contribution >= 4 is 11.9 Å². The molecule has 0 aliphatic rings. The first-order chi connectivity index (χ1) is 22.3. The topological polar surface area (TPSA) is 360 Å². The lowest BCUT2D eigenvalue weighted by atomic mass is 10.1. The number of carbonyl (C=O) groups is 2. The van der Waals surface area contributed by atoms with Crippen LogP contribution in [0.5, 0.6) is 0 Å². The highest BCUT2D eigenvalue weighted by Gasteiger charge is 2.27. The number of ether oxygens (including phenoxy) is 1. The number of esters is 1. The van der Waals surface area contributed by atoms with Crippen LogP contribution in [0.3, 0.4) is 0 Å². The maximum atomic E-state index is 12.0. The van der Waals surface area contributed by atoms with E-state index in [1.165, 1.54) is 0 Å². The molecule has 0 amide bonds. The highest BCUT2D eigenvalue weighted by atomic mass is 17.0. The van der Waals surface area contributed by atoms with Crippen molar-refractivity contribution in [1.29, 1.82) is 0 Å². The number of rotatable bonds is 20. The third-order valence-electron chi connectivity index (χ3n) is 5.13. The van der Waals surface area contributed by atoms with Gasteiger partial charge in [0.15, 0.2) is 11.5 Å². The molecule has 26 nitrogen and oxygen atoms in total. The number of aromatic carboxylic acids is 1. The number of nitrogens with zero attached hydrogens (tertiary/aromatic N) is 4. The molecule has 2 rings (SSSR count). The summed E-state index contributed by atoms with van der Waals surface area (Å²) in [4.78, 5) is 102. The molecule has 0 saturated heterocycles. The third kappa shape index (κ3) is 16.2. The van der Waals surface area contributed by atoms with Crippen LogP contribution in [-0.2, 0) is 36.9 Å². The minimum Gasteiger partial charge on any atom is -0.475 e. The summed E-state index contributed by atoms with van der Waals surface area (Å²) in [5.41, 5.74) is -0.825. The van der Waals surface area contributed by atoms with Crippen molar-refractivity contribution in [2.24, 2.45) is 0 Å². The molecule has 0 bridgehead atoms. The van der Waals surface area contributed by atoms with E-state index < -0.39 is 86.5 Å². The van der Waals surface area contributed by atoms with Crippen LogP contribution >= 0.6 is 0 Å². The van der Waals surface area contributed by atoms with E-state index in [1.807, 2.05) is 0 Å². The van der Waals surface area contributed by atoms with Gasteiger partial charge in [-0.15, -0.1) is 40.5 Å². The van der Waals surface area contributed by atoms with Gasteiger partial charge < -0.3 is 46.9 Å². The van der Waals surface area contributed by atoms with E-state index in [2.05, 4.69) is 32.6 Å². The summed E-state index contributed by atoms with van der Waals surface area (Å²) in [5, 5.41) is 45.1. The van der Waals surface area contributed by atoms with Gasteiger partial charge in [0.05, 0.1) is 0 Å². The van der Waals surface area contributed by atoms with E-state index in [4.69, 9.17) is 14.3 Å². The molecule has 2 heterocycles. The summed E-state index contributed by atoms with van der Waals surface area (Å²) in [5.74, 6) is -6.11. The Morgan fingerprint density at radius 1 is 0.708 bits per heavy atom. The Hall–Kier alpha value is -6.24. The first-order valence-electron chi connectivity index (χ1n) is 13.2. The van der Waals surface area contributed by atoms with Gasteiger partial charge in [-0.1, -0.05) is 0 Å². The number of hydrogen-bond acceptors (Lipinski definition) is 21. The molecule has 2 unspecified atom stereocenters. The highest BCUT2D eigenvalue weighted by molar-refractivity contribution is 5.87. The van der Waals surface area contributed by atoms with Crippen LogP contribution < -0.4 is 11.6 Å². The van der Waals surface area contributed by atoms with Gasteiger partial charge in [-0.2, -0.15) is 0 Å². The molecule has 0 aromatic carbocycles. The standard InChI is InChI=1S/C13H18N2O11.C9H10N2O11/c1-13(2,3)25-11(16)10-9(23-12(17)24-10)6-4-5-8(26-15(20)21)7-22-14(18)19;12-8(13)7-6(20-9(14)21-7)3-1-2-5(22-11(17)18)4-19-10(15)16/h8H,4-7H2,1-3H3;5H,1-4H2,(H,12,13). The monoisotopic (exact) mass is 700 g/mol. The maximum absolute atomic E-state index is 12.0. The molecule has 2 aromatic rings. The molecule has 0 radical (unpaired) electrons. The van der Waals surface area contributed by atoms with Gasteiger partial charge in [0.2, 0.25) is 0 Å². The normalized spacial score (nSPS) is 12.0. The van der Waals surface area contributed by atoms with Crippen LogP contribution in [0.1, 0.15) is 79.1 Å². The van der Waals surface area contributed by atoms with Crippen molar-refractivity contribution in [2.45, 2.75) is 77.1 Å². The van der Waals surface area contributed by atoms with Crippen molar-refractivity contribution in [3.63, 3.8) is 0 Å². The summed E-state index contributed by atoms with van der Waals surface area (Å²) in [6.45, 7) is 3.55. The van der Waals surface area contributed by atoms with Gasteiger partial charge in [-0.05, 0) is 46.5 Å². The summed E-state index contributed by atoms with van der Waals surface area (Å²) >= 11 is 0. The third-order valence-corrected chi connectivity index (χ3v) is 5.13. The average Bonchev–Trinajstić information content (AvgIpc) is 3.50. The van der Waals surface area contributed by atoms with E-state index >= 15 is 0 Å². The lowest BCUT2D eigenvalue weighted by Crippen LogP contribution is -2.25. The lowest BCUT2D eigenvalue weighted by Gasteiger charge is -2.18. The van der Waals surface area contributed by atoms with Crippen LogP contribution in [0.2, 0.25) is 0 Å². The molecule has 0 fully saturated rings. The van der Waals surface area contributed by atoms with Crippen LogP contribution in [0.15, 0.2) is 27.3 Å². The summed E-state index contributed by atoms with van der Waals surface area (Å²) in [7, 11) is 0. The van der Waals surface area contributed by atoms with Crippen LogP contribution in [-0.4, -0.2) is 68.4 Å². The molecular weight excluding hydrogens is 672 g/mol. The van der Waals surface area contributed by atoms with E-state index in [0.717, 1.165) is 0 Å². The molecule has 2 atom stereocenters. The van der Waals surface area contributed by atoms with Gasteiger partial charge in [0.1, 0.15) is 31.0 Å². The lowest BCUT2D eigenvalue weighted by molar-refractivity contribution is -0.790. The van der Waals surface area contributed by atoms with Gasteiger partial charge in [0, 0.05) is 12.8 Å². The SMILES string of the molecule is CC(C)(C)OC(=O)c1oc(=O)oc1CCCC(CO[N+](=O)[O-])O[N+](=O)[O-].O=C(O)c1oc(=O)oc1CCCC(CO[N+](=O)[O-])O[N+](=O)[O-]. The number of carbonyl (C=O) groups excluding carboxylic acids is 1. The van der Waals surface area contributed by atoms with E-state index in [0.29, 0.717) is 0 Å². The Morgan fingerprint density at radius 2 is 1.10 bits per heavy atom. The van der Waals surface area contributed by atoms with Crippen LogP contribution in [0.4, 0.5) is 0 Å². The predicted octanol–water partition coefficient (Wildman–Crippen LogP) is 1.33. The van der Waals surface area contributed by atoms with Crippen molar-refractivity contribution in [1.82, 2.24) is 0 Å². The Bertz CT molecular complexity index is 1530. The quantitative estimate of drug-likeness (QED) is 0.116. The summed E-state index contributed by atoms with van der Waals surface area (Å²) in [6, 6.07) is 0. The maximum Gasteiger partial charge on any atom is 0.519 e. The Morgan fingerprint density at radius 3 is 1.46 bits per heavy atom. The highest BCUT2D eigenvalue weighted by Crippen LogP contribution is 2.18. The minimum atomic E-state index is -1.50. The van der Waals surface area contributed by atoms with E-state index in [-0.39, 0.29) is 50.0 Å². The number of aryl methyl sites for hydroxylation is 2. The second kappa shape index (κ2) is 18.7. The molecule has 268 valence electrons. The van der Waals surface area contributed by atoms with Gasteiger partial charge >= 0.3 is 23.6 Å². The summed E-state index contributed by atoms with van der Waals surface area (Å²) in [6.07, 6.45) is -2.48. The van der Waals surface area contributed by atoms with Crippen molar-refractivity contribution in [3.8, 4) is 0 Å². The zero-order valence-electron chi connectivity index (χ0n) is 25.1. The molecule has 0 aliphatic carbocycles. The van der Waals surface area contributed by atoms with Crippen molar-refractivity contribution in [2.75, 3.05) is 13.2 Å². The second-order valence-electron chi connectivity index (χ2n) is 9.95. The predicted molar refractivity (Wildman–Crippen MR) is 142 cm³/mol. The zero-order valence-corrected chi connectivity index (χ0v) is 25.1. The van der Waals surface area contributed by atoms with Gasteiger partial charge in [-0.25, -0.2) is 19.2 Å². The van der Waals surface area contributed by atoms with E-state index in [9.17, 15) is 59.6 Å². The summed E-state index contributed by atoms with van der Waals surface area (Å²) < 4.78 is 23.4. The fourth-order valence-corrected chi connectivity index (χ4v) is 3.43. The molecular formula is C22H28N4O22. The average molecular weight is 700 g/mol. The number of hydrogen-bond donors (Lipinski definition) is 1. The first-order valence-corrected chi connectivity index (χ1v) is 13.2. The Labute approximate surface area is 264 Å². The van der Waals surface area contributed by atoms with Gasteiger partial charge in [-0.3, -0.25) is 0 Å². The van der Waals surface area contributed by atoms with Crippen molar-refractivity contribution in [3.05, 3.63) is 84.7 Å². The number of carboxylic acids is 1. The molecule has 0 saturated carbocycles. The van der Waals surface area contributed by atoms with Crippen molar-refractivity contribution < 1.29 is 76.8 Å². The zero-order chi connectivity index (χ0) is 36.6.